The standard InChI is InChI=1S/C11H10ClFN2O2/c1-14-5-7-6-16-11(15-7)17-8-2-3-10(13)9(12)4-8/h2-4,6,14H,5H2,1H3. The topological polar surface area (TPSA) is 47.3 Å². The highest BCUT2D eigenvalue weighted by atomic mass is 35.5. The van der Waals surface area contributed by atoms with E-state index in [2.05, 4.69) is 10.3 Å². The molecule has 90 valence electrons. The van der Waals surface area contributed by atoms with Crippen LogP contribution in [0.5, 0.6) is 11.8 Å². The molecule has 0 aliphatic rings. The van der Waals surface area contributed by atoms with E-state index in [0.29, 0.717) is 12.3 Å². The normalized spacial score (nSPS) is 10.5. The second-order valence-corrected chi connectivity index (χ2v) is 3.72. The van der Waals surface area contributed by atoms with Gasteiger partial charge in [-0.05, 0) is 19.2 Å². The smallest absolute Gasteiger partial charge is 0.399 e. The van der Waals surface area contributed by atoms with Crippen LogP contribution >= 0.6 is 11.6 Å². The van der Waals surface area contributed by atoms with Crippen LogP contribution in [0.25, 0.3) is 0 Å². The van der Waals surface area contributed by atoms with Crippen molar-refractivity contribution >= 4 is 11.6 Å². The first kappa shape index (κ1) is 11.9. The minimum absolute atomic E-state index is 0.00972. The summed E-state index contributed by atoms with van der Waals surface area (Å²) < 4.78 is 23.3. The molecule has 0 bridgehead atoms. The van der Waals surface area contributed by atoms with Gasteiger partial charge in [0.1, 0.15) is 17.8 Å². The van der Waals surface area contributed by atoms with Gasteiger partial charge in [-0.25, -0.2) is 4.39 Å². The zero-order chi connectivity index (χ0) is 12.3. The minimum Gasteiger partial charge on any atom is -0.417 e. The average molecular weight is 257 g/mol. The third kappa shape index (κ3) is 2.95. The Bertz CT molecular complexity index is 516. The summed E-state index contributed by atoms with van der Waals surface area (Å²) >= 11 is 5.62. The first-order chi connectivity index (χ1) is 8.19. The van der Waals surface area contributed by atoms with Gasteiger partial charge in [-0.15, -0.1) is 0 Å². The third-order valence-electron chi connectivity index (χ3n) is 1.98. The molecule has 0 aliphatic carbocycles. The first-order valence-electron chi connectivity index (χ1n) is 4.91. The molecule has 0 saturated carbocycles. The summed E-state index contributed by atoms with van der Waals surface area (Å²) in [5.41, 5.74) is 0.718. The Kier molecular flexibility index (Phi) is 3.61. The Morgan fingerprint density at radius 1 is 1.53 bits per heavy atom. The number of nitrogens with one attached hydrogen (secondary N) is 1. The highest BCUT2D eigenvalue weighted by Gasteiger charge is 2.07. The van der Waals surface area contributed by atoms with E-state index >= 15 is 0 Å². The number of nitrogens with zero attached hydrogens (tertiary/aromatic N) is 1. The van der Waals surface area contributed by atoms with Crippen molar-refractivity contribution in [2.75, 3.05) is 7.05 Å². The molecule has 1 aromatic heterocycles. The first-order valence-corrected chi connectivity index (χ1v) is 5.29. The van der Waals surface area contributed by atoms with Crippen LogP contribution in [-0.2, 0) is 6.54 Å². The van der Waals surface area contributed by atoms with Crippen molar-refractivity contribution in [3.05, 3.63) is 41.0 Å². The monoisotopic (exact) mass is 256 g/mol. The molecule has 1 heterocycles. The lowest BCUT2D eigenvalue weighted by molar-refractivity contribution is 0.330. The van der Waals surface area contributed by atoms with Crippen LogP contribution in [-0.4, -0.2) is 12.0 Å². The van der Waals surface area contributed by atoms with E-state index in [4.69, 9.17) is 20.8 Å². The van der Waals surface area contributed by atoms with Gasteiger partial charge >= 0.3 is 6.08 Å². The molecule has 1 aromatic carbocycles. The Balaban J connectivity index is 2.11. The molecule has 4 nitrogen and oxygen atoms in total. The molecule has 17 heavy (non-hydrogen) atoms. The molecule has 0 saturated heterocycles. The van der Waals surface area contributed by atoms with E-state index in [0.717, 1.165) is 5.69 Å². The van der Waals surface area contributed by atoms with Crippen molar-refractivity contribution in [2.24, 2.45) is 0 Å². The van der Waals surface area contributed by atoms with Crippen LogP contribution in [0.1, 0.15) is 5.69 Å². The highest BCUT2D eigenvalue weighted by molar-refractivity contribution is 6.30. The van der Waals surface area contributed by atoms with Gasteiger partial charge in [-0.1, -0.05) is 11.6 Å². The van der Waals surface area contributed by atoms with Crippen LogP contribution in [0, 0.1) is 5.82 Å². The molecule has 0 atom stereocenters. The van der Waals surface area contributed by atoms with Gasteiger partial charge in [0, 0.05) is 12.6 Å². The molecule has 0 spiro atoms. The van der Waals surface area contributed by atoms with Crippen LogP contribution in [0.2, 0.25) is 5.02 Å². The number of hydrogen-bond acceptors (Lipinski definition) is 4. The highest BCUT2D eigenvalue weighted by Crippen LogP contribution is 2.25. The van der Waals surface area contributed by atoms with Gasteiger partial charge < -0.3 is 14.5 Å². The quantitative estimate of drug-likeness (QED) is 0.914. The van der Waals surface area contributed by atoms with Crippen LogP contribution < -0.4 is 10.1 Å². The molecule has 0 amide bonds. The number of halogens is 2. The van der Waals surface area contributed by atoms with Crippen LogP contribution in [0.15, 0.2) is 28.9 Å². The summed E-state index contributed by atoms with van der Waals surface area (Å²) in [4.78, 5) is 4.06. The maximum absolute atomic E-state index is 12.9. The Labute approximate surface area is 102 Å². The maximum atomic E-state index is 12.9. The van der Waals surface area contributed by atoms with Gasteiger partial charge in [0.2, 0.25) is 0 Å². The average Bonchev–Trinajstić information content (AvgIpc) is 2.72. The fourth-order valence-electron chi connectivity index (χ4n) is 1.24. The van der Waals surface area contributed by atoms with Crippen LogP contribution in [0.4, 0.5) is 4.39 Å². The lowest BCUT2D eigenvalue weighted by Gasteiger charge is -2.01. The van der Waals surface area contributed by atoms with E-state index in [-0.39, 0.29) is 11.1 Å². The summed E-state index contributed by atoms with van der Waals surface area (Å²) in [6, 6.07) is 4.02. The van der Waals surface area contributed by atoms with E-state index in [1.807, 2.05) is 0 Å². The number of rotatable bonds is 4. The lowest BCUT2D eigenvalue weighted by Crippen LogP contribution is -2.04. The molecule has 0 unspecified atom stereocenters. The van der Waals surface area contributed by atoms with Gasteiger partial charge in [0.15, 0.2) is 0 Å². The van der Waals surface area contributed by atoms with E-state index in [1.165, 1.54) is 24.5 Å². The summed E-state index contributed by atoms with van der Waals surface area (Å²) in [7, 11) is 1.80. The van der Waals surface area contributed by atoms with Crippen molar-refractivity contribution in [1.82, 2.24) is 10.3 Å². The zero-order valence-corrected chi connectivity index (χ0v) is 9.79. The van der Waals surface area contributed by atoms with E-state index in [1.54, 1.807) is 7.05 Å². The maximum Gasteiger partial charge on any atom is 0.399 e. The minimum atomic E-state index is -0.498. The van der Waals surface area contributed by atoms with Crippen molar-refractivity contribution in [3.8, 4) is 11.8 Å². The summed E-state index contributed by atoms with van der Waals surface area (Å²) in [6.07, 6.45) is 1.58. The molecule has 1 N–H and O–H groups in total. The van der Waals surface area contributed by atoms with E-state index < -0.39 is 5.82 Å². The van der Waals surface area contributed by atoms with Crippen molar-refractivity contribution in [3.63, 3.8) is 0 Å². The van der Waals surface area contributed by atoms with E-state index in [9.17, 15) is 4.39 Å². The number of benzene rings is 1. The van der Waals surface area contributed by atoms with Crippen molar-refractivity contribution < 1.29 is 13.5 Å². The summed E-state index contributed by atoms with van der Waals surface area (Å²) in [5.74, 6) is -0.128. The molecule has 0 radical (unpaired) electrons. The predicted octanol–water partition coefficient (Wildman–Crippen LogP) is 2.98. The SMILES string of the molecule is CNCc1coc(Oc2ccc(F)c(Cl)c2)n1. The number of hydrogen-bond donors (Lipinski definition) is 1. The van der Waals surface area contributed by atoms with Crippen molar-refractivity contribution in [1.29, 1.82) is 0 Å². The zero-order valence-electron chi connectivity index (χ0n) is 9.04. The fraction of sp³-hybridized carbons (Fsp3) is 0.182. The lowest BCUT2D eigenvalue weighted by atomic mass is 10.3. The predicted molar refractivity (Wildman–Crippen MR) is 60.8 cm³/mol. The molecule has 6 heteroatoms. The second kappa shape index (κ2) is 5.16. The Hall–Kier alpha value is -1.59. The fourth-order valence-corrected chi connectivity index (χ4v) is 1.41. The molecule has 0 fully saturated rings. The van der Waals surface area contributed by atoms with Crippen LogP contribution in [0.3, 0.4) is 0 Å². The number of aromatic nitrogens is 1. The van der Waals surface area contributed by atoms with Crippen molar-refractivity contribution in [2.45, 2.75) is 6.54 Å². The number of oxazole rings is 1. The van der Waals surface area contributed by atoms with Gasteiger partial charge in [-0.3, -0.25) is 0 Å². The molecular formula is C11H10ClFN2O2. The third-order valence-corrected chi connectivity index (χ3v) is 2.27. The molecule has 2 aromatic rings. The van der Waals surface area contributed by atoms with Gasteiger partial charge in [0.25, 0.3) is 0 Å². The van der Waals surface area contributed by atoms with Gasteiger partial charge in [0.05, 0.1) is 10.7 Å². The Morgan fingerprint density at radius 2 is 2.35 bits per heavy atom. The summed E-state index contributed by atoms with van der Waals surface area (Å²) in [5, 5.41) is 2.92. The number of ether oxygens (including phenoxy) is 1. The van der Waals surface area contributed by atoms with Gasteiger partial charge in [-0.2, -0.15) is 4.98 Å². The largest absolute Gasteiger partial charge is 0.417 e. The molecule has 0 aliphatic heterocycles. The molecule has 2 rings (SSSR count). The second-order valence-electron chi connectivity index (χ2n) is 3.31. The summed E-state index contributed by atoms with van der Waals surface area (Å²) in [6.45, 7) is 0.580. The molecular weight excluding hydrogens is 247 g/mol. The Morgan fingerprint density at radius 3 is 3.06 bits per heavy atom.